The Morgan fingerprint density at radius 1 is 1.25 bits per heavy atom. The Labute approximate surface area is 116 Å². The molecule has 0 radical (unpaired) electrons. The van der Waals surface area contributed by atoms with Crippen LogP contribution >= 0.6 is 0 Å². The molecule has 0 spiro atoms. The number of hydrogen-bond acceptors (Lipinski definition) is 5. The summed E-state index contributed by atoms with van der Waals surface area (Å²) in [7, 11) is 0. The minimum Gasteiger partial charge on any atom is -0.486 e. The lowest BCUT2D eigenvalue weighted by Gasteiger charge is -2.26. The van der Waals surface area contributed by atoms with Crippen molar-refractivity contribution in [2.24, 2.45) is 0 Å². The molecule has 1 aliphatic rings. The van der Waals surface area contributed by atoms with Gasteiger partial charge in [0.05, 0.1) is 18.4 Å². The molecule has 0 fully saturated rings. The van der Waals surface area contributed by atoms with E-state index in [9.17, 15) is 0 Å². The van der Waals surface area contributed by atoms with Gasteiger partial charge < -0.3 is 14.8 Å². The second-order valence-electron chi connectivity index (χ2n) is 4.42. The molecule has 100 valence electrons. The third kappa shape index (κ3) is 2.64. The molecule has 1 aromatic carbocycles. The average molecular weight is 267 g/mol. The van der Waals surface area contributed by atoms with Crippen LogP contribution in [0.25, 0.3) is 0 Å². The van der Waals surface area contributed by atoms with Crippen LogP contribution in [0.5, 0.6) is 11.5 Å². The first-order valence-electron chi connectivity index (χ1n) is 6.33. The first-order chi connectivity index (χ1) is 9.85. The maximum Gasteiger partial charge on any atom is 0.161 e. The Kier molecular flexibility index (Phi) is 3.38. The van der Waals surface area contributed by atoms with Crippen molar-refractivity contribution in [2.75, 3.05) is 18.5 Å². The van der Waals surface area contributed by atoms with Gasteiger partial charge in [-0.25, -0.2) is 4.98 Å². The van der Waals surface area contributed by atoms with Gasteiger partial charge in [0.2, 0.25) is 0 Å². The molecule has 1 atom stereocenters. The van der Waals surface area contributed by atoms with E-state index in [0.29, 0.717) is 18.8 Å². The summed E-state index contributed by atoms with van der Waals surface area (Å²) in [6.07, 6.45) is 1.58. The summed E-state index contributed by atoms with van der Waals surface area (Å²) in [6, 6.07) is 13.1. The van der Waals surface area contributed by atoms with Gasteiger partial charge in [-0.1, -0.05) is 12.1 Å². The molecule has 5 nitrogen and oxygen atoms in total. The van der Waals surface area contributed by atoms with E-state index in [4.69, 9.17) is 14.7 Å². The van der Waals surface area contributed by atoms with Crippen LogP contribution in [0, 0.1) is 11.3 Å². The van der Waals surface area contributed by atoms with Crippen LogP contribution in [0.4, 0.5) is 5.69 Å². The van der Waals surface area contributed by atoms with E-state index in [1.807, 2.05) is 36.4 Å². The predicted molar refractivity (Wildman–Crippen MR) is 73.8 cm³/mol. The summed E-state index contributed by atoms with van der Waals surface area (Å²) in [6.45, 7) is 1.12. The molecular weight excluding hydrogens is 254 g/mol. The fourth-order valence-corrected chi connectivity index (χ4v) is 1.96. The molecule has 2 heterocycles. The first kappa shape index (κ1) is 12.3. The lowest BCUT2D eigenvalue weighted by molar-refractivity contribution is 0.0997. The average Bonchev–Trinajstić information content (AvgIpc) is 2.53. The molecule has 2 aromatic rings. The minimum absolute atomic E-state index is 0.0551. The highest BCUT2D eigenvalue weighted by Gasteiger charge is 2.20. The lowest BCUT2D eigenvalue weighted by Crippen LogP contribution is -2.35. The molecule has 5 heteroatoms. The lowest BCUT2D eigenvalue weighted by atomic mass is 10.2. The largest absolute Gasteiger partial charge is 0.486 e. The van der Waals surface area contributed by atoms with Crippen molar-refractivity contribution < 1.29 is 9.47 Å². The number of para-hydroxylation sites is 2. The van der Waals surface area contributed by atoms with Gasteiger partial charge in [-0.15, -0.1) is 0 Å². The molecule has 0 aliphatic carbocycles. The normalized spacial score (nSPS) is 16.2. The standard InChI is InChI=1S/C15H13N3O2/c16-7-11-5-6-12(8-17-11)18-9-13-10-19-14-3-1-2-4-15(14)20-13/h1-6,8,13,18H,9-10H2. The number of ether oxygens (including phenoxy) is 2. The minimum atomic E-state index is -0.0551. The molecule has 3 rings (SSSR count). The van der Waals surface area contributed by atoms with E-state index in [2.05, 4.69) is 10.3 Å². The Morgan fingerprint density at radius 2 is 2.10 bits per heavy atom. The molecular formula is C15H13N3O2. The van der Waals surface area contributed by atoms with E-state index < -0.39 is 0 Å². The van der Waals surface area contributed by atoms with Crippen LogP contribution in [0.2, 0.25) is 0 Å². The summed E-state index contributed by atoms with van der Waals surface area (Å²) in [5, 5.41) is 11.9. The Morgan fingerprint density at radius 3 is 2.85 bits per heavy atom. The highest BCUT2D eigenvalue weighted by molar-refractivity contribution is 5.44. The van der Waals surface area contributed by atoms with Crippen molar-refractivity contribution in [2.45, 2.75) is 6.10 Å². The van der Waals surface area contributed by atoms with Gasteiger partial charge in [-0.3, -0.25) is 0 Å². The summed E-state index contributed by atoms with van der Waals surface area (Å²) < 4.78 is 11.5. The Bertz CT molecular complexity index is 634. The van der Waals surface area contributed by atoms with Crippen LogP contribution in [-0.2, 0) is 0 Å². The summed E-state index contributed by atoms with van der Waals surface area (Å²) >= 11 is 0. The number of nitriles is 1. The summed E-state index contributed by atoms with van der Waals surface area (Å²) in [5.74, 6) is 1.55. The van der Waals surface area contributed by atoms with E-state index in [0.717, 1.165) is 17.2 Å². The maximum atomic E-state index is 8.69. The van der Waals surface area contributed by atoms with Gasteiger partial charge >= 0.3 is 0 Å². The van der Waals surface area contributed by atoms with Gasteiger partial charge in [-0.05, 0) is 24.3 Å². The maximum absolute atomic E-state index is 8.69. The zero-order valence-electron chi connectivity index (χ0n) is 10.7. The molecule has 1 aliphatic heterocycles. The number of benzene rings is 1. The molecule has 1 N–H and O–H groups in total. The van der Waals surface area contributed by atoms with E-state index >= 15 is 0 Å². The third-order valence-electron chi connectivity index (χ3n) is 2.98. The van der Waals surface area contributed by atoms with Gasteiger partial charge in [0.25, 0.3) is 0 Å². The molecule has 0 saturated heterocycles. The number of nitrogens with zero attached hydrogens (tertiary/aromatic N) is 2. The van der Waals surface area contributed by atoms with E-state index in [1.54, 1.807) is 12.3 Å². The van der Waals surface area contributed by atoms with Crippen molar-refractivity contribution in [3.8, 4) is 17.6 Å². The fraction of sp³-hybridized carbons (Fsp3) is 0.200. The van der Waals surface area contributed by atoms with Crippen LogP contribution in [0.1, 0.15) is 5.69 Å². The quantitative estimate of drug-likeness (QED) is 0.923. The number of anilines is 1. The predicted octanol–water partition coefficient (Wildman–Crippen LogP) is 2.21. The molecule has 0 saturated carbocycles. The van der Waals surface area contributed by atoms with Gasteiger partial charge in [0, 0.05) is 0 Å². The number of hydrogen-bond donors (Lipinski definition) is 1. The van der Waals surface area contributed by atoms with Crippen LogP contribution in [0.3, 0.4) is 0 Å². The summed E-state index contributed by atoms with van der Waals surface area (Å²) in [5.41, 5.74) is 1.26. The zero-order chi connectivity index (χ0) is 13.8. The Balaban J connectivity index is 1.58. The van der Waals surface area contributed by atoms with Gasteiger partial charge in [-0.2, -0.15) is 5.26 Å². The van der Waals surface area contributed by atoms with Crippen molar-refractivity contribution in [3.63, 3.8) is 0 Å². The van der Waals surface area contributed by atoms with Gasteiger partial charge in [0.1, 0.15) is 24.5 Å². The number of rotatable bonds is 3. The second kappa shape index (κ2) is 5.49. The Hall–Kier alpha value is -2.74. The highest BCUT2D eigenvalue weighted by Crippen LogP contribution is 2.30. The first-order valence-corrected chi connectivity index (χ1v) is 6.33. The third-order valence-corrected chi connectivity index (χ3v) is 2.98. The monoisotopic (exact) mass is 267 g/mol. The number of aromatic nitrogens is 1. The second-order valence-corrected chi connectivity index (χ2v) is 4.42. The number of nitrogens with one attached hydrogen (secondary N) is 1. The molecule has 0 amide bonds. The number of pyridine rings is 1. The van der Waals surface area contributed by atoms with Crippen molar-refractivity contribution in [1.29, 1.82) is 5.26 Å². The smallest absolute Gasteiger partial charge is 0.161 e. The number of fused-ring (bicyclic) bond motifs is 1. The van der Waals surface area contributed by atoms with Gasteiger partial charge in [0.15, 0.2) is 11.5 Å². The van der Waals surface area contributed by atoms with Crippen LogP contribution < -0.4 is 14.8 Å². The summed E-state index contributed by atoms with van der Waals surface area (Å²) in [4.78, 5) is 4.00. The van der Waals surface area contributed by atoms with E-state index in [-0.39, 0.29) is 6.10 Å². The topological polar surface area (TPSA) is 67.2 Å². The fourth-order valence-electron chi connectivity index (χ4n) is 1.96. The molecule has 20 heavy (non-hydrogen) atoms. The SMILES string of the molecule is N#Cc1ccc(NCC2COc3ccccc3O2)cn1. The van der Waals surface area contributed by atoms with Crippen molar-refractivity contribution >= 4 is 5.69 Å². The van der Waals surface area contributed by atoms with Crippen LogP contribution in [-0.4, -0.2) is 24.2 Å². The zero-order valence-corrected chi connectivity index (χ0v) is 10.7. The molecule has 0 bridgehead atoms. The molecule has 1 unspecified atom stereocenters. The van der Waals surface area contributed by atoms with Crippen LogP contribution in [0.15, 0.2) is 42.6 Å². The van der Waals surface area contributed by atoms with E-state index in [1.165, 1.54) is 0 Å². The van der Waals surface area contributed by atoms with Crippen molar-refractivity contribution in [3.05, 3.63) is 48.3 Å². The molecule has 1 aromatic heterocycles. The van der Waals surface area contributed by atoms with Crippen molar-refractivity contribution in [1.82, 2.24) is 4.98 Å². The highest BCUT2D eigenvalue weighted by atomic mass is 16.6.